The summed E-state index contributed by atoms with van der Waals surface area (Å²) in [4.78, 5) is 41.9. The number of rotatable bonds is 59. The van der Waals surface area contributed by atoms with Crippen LogP contribution in [0.2, 0.25) is 0 Å². The molecule has 10 unspecified atom stereocenters. The van der Waals surface area contributed by atoms with E-state index in [1.54, 1.807) is 25.7 Å². The summed E-state index contributed by atoms with van der Waals surface area (Å²) in [7, 11) is 0. The average Bonchev–Trinajstić information content (AvgIpc) is 0.962. The normalized spacial score (nSPS) is 21.2. The van der Waals surface area contributed by atoms with E-state index in [2.05, 4.69) is 27.7 Å². The summed E-state index contributed by atoms with van der Waals surface area (Å²) in [5.41, 5.74) is 22.1. The molecular weight excluding hydrogens is 1240 g/mol. The van der Waals surface area contributed by atoms with E-state index in [0.717, 1.165) is 73.5 Å². The van der Waals surface area contributed by atoms with Crippen LogP contribution >= 0.6 is 0 Å². The number of carboxylic acid groups (broad SMARTS) is 4. The number of unbranched alkanes of at least 4 members (excludes halogenated alkanes) is 32. The van der Waals surface area contributed by atoms with Crippen molar-refractivity contribution in [3.63, 3.8) is 0 Å². The van der Waals surface area contributed by atoms with Gasteiger partial charge < -0.3 is 43.4 Å². The molecule has 4 aliphatic rings. The highest BCUT2D eigenvalue weighted by atomic mass is 16.4. The summed E-state index contributed by atoms with van der Waals surface area (Å²) >= 11 is 0. The maximum Gasteiger partial charge on any atom is 0.307 e. The molecule has 10 atom stereocenters. The molecule has 0 amide bonds. The first kappa shape index (κ1) is 97.7. The lowest BCUT2D eigenvalue weighted by Crippen LogP contribution is -2.33. The van der Waals surface area contributed by atoms with Crippen molar-refractivity contribution < 1.29 is 39.6 Å². The highest BCUT2D eigenvalue weighted by Crippen LogP contribution is 2.39. The van der Waals surface area contributed by atoms with Gasteiger partial charge in [0.15, 0.2) is 0 Å². The molecule has 594 valence electrons. The summed E-state index contributed by atoms with van der Waals surface area (Å²) in [6.45, 7) is 12.8. The largest absolute Gasteiger partial charge is 0.481 e. The maximum absolute atomic E-state index is 10.6. The Morgan fingerprint density at radius 1 is 0.250 bits per heavy atom. The molecule has 100 heavy (non-hydrogen) atoms. The molecule has 0 saturated heterocycles. The van der Waals surface area contributed by atoms with Gasteiger partial charge in [-0.3, -0.25) is 19.2 Å². The molecule has 0 aliphatic heterocycles. The summed E-state index contributed by atoms with van der Waals surface area (Å²) in [6, 6.07) is 0. The minimum Gasteiger partial charge on any atom is -0.481 e. The number of hydrogen-bond donors (Lipinski definition) is 8. The third kappa shape index (κ3) is 62.0. The SMILES string of the molecule is CCCCC1CCCC(CCCCCCCCCCN)C1.CCCCC1CCCC(CCCCCCCCCCN)C1.CCCCC1CCCC(CCCCCCCCCCN)C1.CCCCC1CCCC(CCCCCCCCCCN)C1.O=C(O)CC(C(=O)O)C(CC(=O)O)C(=O)O. The predicted octanol–water partition coefficient (Wildman–Crippen LogP) is 25.1. The fourth-order valence-corrected chi connectivity index (χ4v) is 17.4. The molecule has 12 heteroatoms. The van der Waals surface area contributed by atoms with E-state index < -0.39 is 48.6 Å². The molecule has 0 heterocycles. The van der Waals surface area contributed by atoms with E-state index in [0.29, 0.717) is 0 Å². The second-order valence-corrected chi connectivity index (χ2v) is 32.9. The van der Waals surface area contributed by atoms with Gasteiger partial charge in [0.05, 0.1) is 24.7 Å². The summed E-state index contributed by atoms with van der Waals surface area (Å²) in [5.74, 6) is -1.20. The number of aliphatic carboxylic acids is 4. The van der Waals surface area contributed by atoms with Gasteiger partial charge in [0.2, 0.25) is 0 Å². The van der Waals surface area contributed by atoms with E-state index in [1.807, 2.05) is 0 Å². The lowest BCUT2D eigenvalue weighted by molar-refractivity contribution is -0.160. The predicted molar refractivity (Wildman–Crippen MR) is 429 cm³/mol. The van der Waals surface area contributed by atoms with Crippen LogP contribution < -0.4 is 22.9 Å². The topological polar surface area (TPSA) is 253 Å². The van der Waals surface area contributed by atoms with Gasteiger partial charge in [-0.15, -0.1) is 0 Å². The second kappa shape index (κ2) is 73.6. The number of hydrogen-bond acceptors (Lipinski definition) is 8. The van der Waals surface area contributed by atoms with Crippen molar-refractivity contribution >= 4 is 23.9 Å². The summed E-state index contributed by atoms with van der Waals surface area (Å²) < 4.78 is 0. The Balaban J connectivity index is 0.00000123. The van der Waals surface area contributed by atoms with Gasteiger partial charge >= 0.3 is 23.9 Å². The second-order valence-electron chi connectivity index (χ2n) is 32.9. The van der Waals surface area contributed by atoms with Crippen molar-refractivity contribution in [2.75, 3.05) is 26.2 Å². The molecule has 0 aromatic rings. The van der Waals surface area contributed by atoms with Crippen molar-refractivity contribution in [3.05, 3.63) is 0 Å². The fourth-order valence-electron chi connectivity index (χ4n) is 17.4. The Kier molecular flexibility index (Phi) is 71.9. The monoisotopic (exact) mass is 1420 g/mol. The number of nitrogens with two attached hydrogens (primary N) is 4. The van der Waals surface area contributed by atoms with Gasteiger partial charge in [-0.2, -0.15) is 0 Å². The fraction of sp³-hybridized carbons (Fsp3) is 0.955. The van der Waals surface area contributed by atoms with Crippen LogP contribution in [0.3, 0.4) is 0 Å². The molecule has 4 saturated carbocycles. The van der Waals surface area contributed by atoms with Crippen molar-refractivity contribution in [1.29, 1.82) is 0 Å². The van der Waals surface area contributed by atoms with E-state index in [-0.39, 0.29) is 0 Å². The van der Waals surface area contributed by atoms with Crippen molar-refractivity contribution in [1.82, 2.24) is 0 Å². The van der Waals surface area contributed by atoms with Crippen molar-refractivity contribution in [2.45, 2.75) is 451 Å². The first-order valence-corrected chi connectivity index (χ1v) is 44.4. The van der Waals surface area contributed by atoms with Crippen LogP contribution in [-0.2, 0) is 19.2 Å². The zero-order chi connectivity index (χ0) is 73.6. The van der Waals surface area contributed by atoms with E-state index >= 15 is 0 Å². The Morgan fingerprint density at radius 2 is 0.400 bits per heavy atom. The Hall–Kier alpha value is -2.28. The first-order valence-electron chi connectivity index (χ1n) is 44.4. The van der Waals surface area contributed by atoms with Crippen LogP contribution in [-0.4, -0.2) is 70.5 Å². The highest BCUT2D eigenvalue weighted by molar-refractivity contribution is 5.86. The van der Waals surface area contributed by atoms with Crippen LogP contribution in [0.5, 0.6) is 0 Å². The Labute approximate surface area is 620 Å². The number of carbonyl (C=O) groups is 4. The lowest BCUT2D eigenvalue weighted by Gasteiger charge is -2.29. The third-order valence-corrected chi connectivity index (χ3v) is 23.6. The molecule has 4 aliphatic carbocycles. The molecule has 0 radical (unpaired) electrons. The minimum absolute atomic E-state index is 0.876. The van der Waals surface area contributed by atoms with Crippen LogP contribution in [0.1, 0.15) is 451 Å². The number of carboxylic acids is 4. The quantitative estimate of drug-likeness (QED) is 0.0265. The smallest absolute Gasteiger partial charge is 0.307 e. The van der Waals surface area contributed by atoms with Crippen molar-refractivity contribution in [3.8, 4) is 0 Å². The van der Waals surface area contributed by atoms with E-state index in [4.69, 9.17) is 43.4 Å². The Morgan fingerprint density at radius 3 is 0.540 bits per heavy atom. The van der Waals surface area contributed by atoms with Crippen LogP contribution in [0, 0.1) is 59.2 Å². The van der Waals surface area contributed by atoms with Gasteiger partial charge in [0, 0.05) is 0 Å². The molecular formula is C88H174N4O8. The molecule has 12 nitrogen and oxygen atoms in total. The van der Waals surface area contributed by atoms with Crippen molar-refractivity contribution in [2.24, 2.45) is 82.1 Å². The molecule has 0 bridgehead atoms. The van der Waals surface area contributed by atoms with E-state index in [1.165, 1.54) is 385 Å². The molecule has 4 rings (SSSR count). The van der Waals surface area contributed by atoms with Crippen LogP contribution in [0.25, 0.3) is 0 Å². The highest BCUT2D eigenvalue weighted by Gasteiger charge is 2.37. The van der Waals surface area contributed by atoms with Crippen LogP contribution in [0.4, 0.5) is 0 Å². The van der Waals surface area contributed by atoms with E-state index in [9.17, 15) is 19.2 Å². The van der Waals surface area contributed by atoms with Gasteiger partial charge in [-0.25, -0.2) is 0 Å². The zero-order valence-corrected chi connectivity index (χ0v) is 67.0. The van der Waals surface area contributed by atoms with Gasteiger partial charge in [-0.05, 0) is 125 Å². The van der Waals surface area contributed by atoms with Gasteiger partial charge in [-0.1, -0.05) is 387 Å². The van der Waals surface area contributed by atoms with Crippen LogP contribution in [0.15, 0.2) is 0 Å². The molecule has 0 aromatic heterocycles. The standard InChI is InChI=1S/4C20H41N.C8H10O8/c4*1-2-3-13-19-15-12-16-20(18-19)14-10-8-6-4-5-7-9-11-17-21;9-5(10)1-3(7(13)14)4(8(15)16)2-6(11)12/h4*19-20H,2-18,21H2,1H3;3-4H,1-2H2,(H,9,10)(H,11,12)(H,13,14)(H,15,16). The first-order chi connectivity index (χ1) is 48.7. The van der Waals surface area contributed by atoms with Gasteiger partial charge in [0.1, 0.15) is 0 Å². The molecule has 4 fully saturated rings. The minimum atomic E-state index is -1.76. The molecule has 0 spiro atoms. The molecule has 12 N–H and O–H groups in total. The average molecular weight is 1420 g/mol. The third-order valence-electron chi connectivity index (χ3n) is 23.6. The lowest BCUT2D eigenvalue weighted by atomic mass is 9.77. The zero-order valence-electron chi connectivity index (χ0n) is 67.0. The summed E-state index contributed by atoms with van der Waals surface area (Å²) in [6.07, 6.45) is 91.3. The Bertz CT molecular complexity index is 1560. The molecule has 0 aromatic carbocycles. The summed E-state index contributed by atoms with van der Waals surface area (Å²) in [5, 5.41) is 34.1. The maximum atomic E-state index is 10.6. The van der Waals surface area contributed by atoms with Gasteiger partial charge in [0.25, 0.3) is 0 Å².